The van der Waals surface area contributed by atoms with Crippen LogP contribution in [0.15, 0.2) is 24.3 Å². The highest BCUT2D eigenvalue weighted by Gasteiger charge is 2.05. The van der Waals surface area contributed by atoms with Crippen molar-refractivity contribution in [3.05, 3.63) is 29.8 Å². The first kappa shape index (κ1) is 10.9. The number of rotatable bonds is 4. The Hall–Kier alpha value is -1.16. The molecule has 1 atom stereocenters. The predicted molar refractivity (Wildman–Crippen MR) is 48.6 cm³/mol. The lowest BCUT2D eigenvalue weighted by Crippen LogP contribution is -2.07. The van der Waals surface area contributed by atoms with E-state index < -0.39 is 19.1 Å². The Kier molecular flexibility index (Phi) is 3.83. The Morgan fingerprint density at radius 3 is 2.71 bits per heavy atom. The van der Waals surface area contributed by atoms with Gasteiger partial charge in [0.1, 0.15) is 12.4 Å². The van der Waals surface area contributed by atoms with Gasteiger partial charge in [0.15, 0.2) is 0 Å². The largest absolute Gasteiger partial charge is 0.488 e. The molecule has 0 fully saturated rings. The van der Waals surface area contributed by atoms with E-state index in [-0.39, 0.29) is 0 Å². The lowest BCUT2D eigenvalue weighted by atomic mass is 10.1. The molecule has 4 heteroatoms. The van der Waals surface area contributed by atoms with Crippen LogP contribution in [0.4, 0.5) is 8.78 Å². The van der Waals surface area contributed by atoms with E-state index in [0.29, 0.717) is 11.3 Å². The molecule has 0 saturated carbocycles. The van der Waals surface area contributed by atoms with Gasteiger partial charge in [0.25, 0.3) is 6.43 Å². The monoisotopic (exact) mass is 202 g/mol. The maximum atomic E-state index is 11.8. The molecule has 2 nitrogen and oxygen atoms in total. The Balaban J connectivity index is 2.64. The van der Waals surface area contributed by atoms with E-state index in [1.54, 1.807) is 31.2 Å². The molecule has 1 aromatic rings. The molecule has 0 amide bonds. The van der Waals surface area contributed by atoms with Crippen LogP contribution >= 0.6 is 0 Å². The van der Waals surface area contributed by atoms with Crippen LogP contribution in [0, 0.1) is 0 Å². The lowest BCUT2D eigenvalue weighted by Gasteiger charge is -2.08. The summed E-state index contributed by atoms with van der Waals surface area (Å²) in [6.45, 7) is 0.982. The van der Waals surface area contributed by atoms with Gasteiger partial charge in [-0.05, 0) is 24.6 Å². The molecular formula is C10H12F2O2. The molecule has 78 valence electrons. The number of halogens is 2. The highest BCUT2D eigenvalue weighted by molar-refractivity contribution is 5.29. The number of ether oxygens (including phenoxy) is 1. The zero-order chi connectivity index (χ0) is 10.6. The van der Waals surface area contributed by atoms with Crippen molar-refractivity contribution in [3.63, 3.8) is 0 Å². The second-order valence-electron chi connectivity index (χ2n) is 2.95. The van der Waals surface area contributed by atoms with Crippen molar-refractivity contribution < 1.29 is 18.6 Å². The summed E-state index contributed by atoms with van der Waals surface area (Å²) in [5.74, 6) is 0.351. The van der Waals surface area contributed by atoms with E-state index in [1.807, 2.05) is 0 Å². The Bertz CT molecular complexity index is 287. The maximum absolute atomic E-state index is 11.8. The van der Waals surface area contributed by atoms with Crippen molar-refractivity contribution >= 4 is 0 Å². The fraction of sp³-hybridized carbons (Fsp3) is 0.400. The summed E-state index contributed by atoms with van der Waals surface area (Å²) in [7, 11) is 0. The summed E-state index contributed by atoms with van der Waals surface area (Å²) in [5, 5.41) is 9.22. The Labute approximate surface area is 81.1 Å². The van der Waals surface area contributed by atoms with Gasteiger partial charge in [-0.25, -0.2) is 8.78 Å². The van der Waals surface area contributed by atoms with E-state index in [0.717, 1.165) is 0 Å². The van der Waals surface area contributed by atoms with Gasteiger partial charge in [0.05, 0.1) is 6.10 Å². The molecule has 0 spiro atoms. The molecule has 1 rings (SSSR count). The van der Waals surface area contributed by atoms with Crippen LogP contribution in [-0.4, -0.2) is 18.1 Å². The highest BCUT2D eigenvalue weighted by atomic mass is 19.3. The molecule has 0 aromatic heterocycles. The second-order valence-corrected chi connectivity index (χ2v) is 2.95. The molecule has 0 bridgehead atoms. The predicted octanol–water partition coefficient (Wildman–Crippen LogP) is 2.38. The SMILES string of the molecule is CC(O)c1cccc(OCC(F)F)c1. The number of hydrogen-bond acceptors (Lipinski definition) is 2. The average Bonchev–Trinajstić information content (AvgIpc) is 2.15. The summed E-state index contributed by atoms with van der Waals surface area (Å²) < 4.78 is 28.4. The molecule has 0 heterocycles. The lowest BCUT2D eigenvalue weighted by molar-refractivity contribution is 0.0817. The Morgan fingerprint density at radius 2 is 2.14 bits per heavy atom. The van der Waals surface area contributed by atoms with Crippen LogP contribution < -0.4 is 4.74 Å². The fourth-order valence-corrected chi connectivity index (χ4v) is 1.02. The number of aliphatic hydroxyl groups excluding tert-OH is 1. The zero-order valence-corrected chi connectivity index (χ0v) is 7.78. The van der Waals surface area contributed by atoms with E-state index in [9.17, 15) is 13.9 Å². The van der Waals surface area contributed by atoms with E-state index in [2.05, 4.69) is 0 Å². The first-order valence-corrected chi connectivity index (χ1v) is 4.28. The summed E-state index contributed by atoms with van der Waals surface area (Å²) in [6, 6.07) is 6.49. The molecule has 14 heavy (non-hydrogen) atoms. The summed E-state index contributed by atoms with van der Waals surface area (Å²) in [4.78, 5) is 0. The zero-order valence-electron chi connectivity index (χ0n) is 7.78. The number of alkyl halides is 2. The van der Waals surface area contributed by atoms with Gasteiger partial charge in [0.2, 0.25) is 0 Å². The van der Waals surface area contributed by atoms with Gasteiger partial charge in [-0.1, -0.05) is 12.1 Å². The standard InChI is InChI=1S/C10H12F2O2/c1-7(13)8-3-2-4-9(5-8)14-6-10(11)12/h2-5,7,10,13H,6H2,1H3. The van der Waals surface area contributed by atoms with Gasteiger partial charge < -0.3 is 9.84 Å². The summed E-state index contributed by atoms with van der Waals surface area (Å²) in [5.41, 5.74) is 0.650. The molecular weight excluding hydrogens is 190 g/mol. The molecule has 1 aromatic carbocycles. The normalized spacial score (nSPS) is 12.9. The minimum Gasteiger partial charge on any atom is -0.488 e. The molecule has 0 saturated heterocycles. The minimum atomic E-state index is -2.48. The summed E-state index contributed by atoms with van der Waals surface area (Å²) >= 11 is 0. The molecule has 1 unspecified atom stereocenters. The molecule has 0 aliphatic carbocycles. The van der Waals surface area contributed by atoms with Gasteiger partial charge in [-0.2, -0.15) is 0 Å². The van der Waals surface area contributed by atoms with E-state index in [4.69, 9.17) is 4.74 Å². The van der Waals surface area contributed by atoms with Crippen molar-refractivity contribution in [1.29, 1.82) is 0 Å². The molecule has 0 aliphatic heterocycles. The van der Waals surface area contributed by atoms with Crippen LogP contribution in [0.3, 0.4) is 0 Å². The quantitative estimate of drug-likeness (QED) is 0.812. The number of hydrogen-bond donors (Lipinski definition) is 1. The van der Waals surface area contributed by atoms with Crippen molar-refractivity contribution in [2.45, 2.75) is 19.5 Å². The molecule has 0 aliphatic rings. The topological polar surface area (TPSA) is 29.5 Å². The summed E-state index contributed by atoms with van der Waals surface area (Å²) in [6.07, 6.45) is -3.10. The maximum Gasteiger partial charge on any atom is 0.272 e. The van der Waals surface area contributed by atoms with Gasteiger partial charge in [-0.3, -0.25) is 0 Å². The van der Waals surface area contributed by atoms with Gasteiger partial charge >= 0.3 is 0 Å². The van der Waals surface area contributed by atoms with Crippen LogP contribution in [0.5, 0.6) is 5.75 Å². The Morgan fingerprint density at radius 1 is 1.43 bits per heavy atom. The fourth-order valence-electron chi connectivity index (χ4n) is 1.02. The van der Waals surface area contributed by atoms with Crippen molar-refractivity contribution in [2.24, 2.45) is 0 Å². The third-order valence-electron chi connectivity index (χ3n) is 1.72. The first-order chi connectivity index (χ1) is 6.59. The minimum absolute atomic E-state index is 0.351. The van der Waals surface area contributed by atoms with Gasteiger partial charge in [0, 0.05) is 0 Å². The smallest absolute Gasteiger partial charge is 0.272 e. The molecule has 0 radical (unpaired) electrons. The second kappa shape index (κ2) is 4.91. The molecule has 1 N–H and O–H groups in total. The van der Waals surface area contributed by atoms with Crippen LogP contribution in [0.25, 0.3) is 0 Å². The first-order valence-electron chi connectivity index (χ1n) is 4.28. The van der Waals surface area contributed by atoms with Crippen molar-refractivity contribution in [1.82, 2.24) is 0 Å². The van der Waals surface area contributed by atoms with Gasteiger partial charge in [-0.15, -0.1) is 0 Å². The van der Waals surface area contributed by atoms with Crippen LogP contribution in [0.1, 0.15) is 18.6 Å². The highest BCUT2D eigenvalue weighted by Crippen LogP contribution is 2.19. The van der Waals surface area contributed by atoms with E-state index in [1.165, 1.54) is 0 Å². The van der Waals surface area contributed by atoms with E-state index >= 15 is 0 Å². The third-order valence-corrected chi connectivity index (χ3v) is 1.72. The van der Waals surface area contributed by atoms with Crippen LogP contribution in [0.2, 0.25) is 0 Å². The van der Waals surface area contributed by atoms with Crippen molar-refractivity contribution in [3.8, 4) is 5.75 Å². The van der Waals surface area contributed by atoms with Crippen LogP contribution in [-0.2, 0) is 0 Å². The van der Waals surface area contributed by atoms with Crippen molar-refractivity contribution in [2.75, 3.05) is 6.61 Å². The average molecular weight is 202 g/mol. The number of aliphatic hydroxyl groups is 1. The number of benzene rings is 1. The third kappa shape index (κ3) is 3.30.